The molecular formula is C15H7F3N2O. The number of carbonyl (C=O) groups is 1. The number of carbonyl (C=O) groups excluding carboxylic acids is 1. The topological polar surface area (TPSA) is 45.2 Å². The minimum Gasteiger partial charge on any atom is -0.289 e. The van der Waals surface area contributed by atoms with Crippen LogP contribution in [0, 0.1) is 17.9 Å². The van der Waals surface area contributed by atoms with E-state index in [0.29, 0.717) is 0 Å². The van der Waals surface area contributed by atoms with Crippen LogP contribution in [0.25, 0.3) is 10.4 Å². The Morgan fingerprint density at radius 1 is 1.38 bits per heavy atom. The Morgan fingerprint density at radius 2 is 2.05 bits per heavy atom. The van der Waals surface area contributed by atoms with Crippen LogP contribution < -0.4 is 0 Å². The molecule has 21 heavy (non-hydrogen) atoms. The lowest BCUT2D eigenvalue weighted by molar-refractivity contribution is -0.137. The number of nitriles is 1. The highest BCUT2D eigenvalue weighted by Crippen LogP contribution is 2.41. The van der Waals surface area contributed by atoms with Gasteiger partial charge in [-0.15, -0.1) is 0 Å². The number of halogens is 3. The van der Waals surface area contributed by atoms with Gasteiger partial charge in [0.15, 0.2) is 5.78 Å². The number of benzene rings is 1. The molecule has 2 rings (SSSR count). The van der Waals surface area contributed by atoms with Gasteiger partial charge in [-0.25, -0.2) is 10.1 Å². The summed E-state index contributed by atoms with van der Waals surface area (Å²) in [6.45, 7) is 8.50. The number of nitrogens with zero attached hydrogens (tertiary/aromatic N) is 2. The molecule has 0 saturated carbocycles. The van der Waals surface area contributed by atoms with E-state index in [-0.39, 0.29) is 28.0 Å². The molecule has 1 aromatic carbocycles. The van der Waals surface area contributed by atoms with Gasteiger partial charge in [0.2, 0.25) is 0 Å². The highest BCUT2D eigenvalue weighted by atomic mass is 19.4. The van der Waals surface area contributed by atoms with E-state index in [1.54, 1.807) is 6.07 Å². The normalized spacial score (nSPS) is 18.2. The van der Waals surface area contributed by atoms with Gasteiger partial charge in [0.25, 0.3) is 5.70 Å². The summed E-state index contributed by atoms with van der Waals surface area (Å²) in [6.07, 6.45) is -3.16. The molecular weight excluding hydrogens is 281 g/mol. The van der Waals surface area contributed by atoms with Gasteiger partial charge >= 0.3 is 6.18 Å². The Morgan fingerprint density at radius 3 is 2.52 bits per heavy atom. The van der Waals surface area contributed by atoms with Crippen molar-refractivity contribution in [3.8, 4) is 6.07 Å². The van der Waals surface area contributed by atoms with Gasteiger partial charge in [-0.3, -0.25) is 4.79 Å². The summed E-state index contributed by atoms with van der Waals surface area (Å²) in [6, 6.07) is 4.40. The standard InChI is InChI=1S/C15H7F3N2O/c1-3-9-13(12(7-19)20-2)10-5-4-8(15(16,17)18)6-11(10)14(9)21/h3-6H,1H3/b9-3-,13-12?. The summed E-state index contributed by atoms with van der Waals surface area (Å²) in [5.41, 5.74) is -1.01. The molecule has 0 unspecified atom stereocenters. The van der Waals surface area contributed by atoms with Gasteiger partial charge < -0.3 is 0 Å². The lowest BCUT2D eigenvalue weighted by Crippen LogP contribution is -2.06. The van der Waals surface area contributed by atoms with E-state index in [0.717, 1.165) is 18.2 Å². The Balaban J connectivity index is 2.81. The first-order chi connectivity index (χ1) is 9.85. The number of hydrogen-bond donors (Lipinski definition) is 0. The van der Waals surface area contributed by atoms with E-state index in [9.17, 15) is 18.0 Å². The molecule has 0 aromatic heterocycles. The maximum atomic E-state index is 12.7. The average molecular weight is 288 g/mol. The highest BCUT2D eigenvalue weighted by molar-refractivity contribution is 6.27. The van der Waals surface area contributed by atoms with Crippen LogP contribution in [0.4, 0.5) is 13.2 Å². The van der Waals surface area contributed by atoms with Gasteiger partial charge in [-0.1, -0.05) is 12.1 Å². The van der Waals surface area contributed by atoms with Crippen molar-refractivity contribution in [3.05, 3.63) is 63.7 Å². The van der Waals surface area contributed by atoms with Crippen LogP contribution in [0.1, 0.15) is 28.4 Å². The molecule has 1 aliphatic carbocycles. The Labute approximate surface area is 118 Å². The molecule has 0 saturated heterocycles. The summed E-state index contributed by atoms with van der Waals surface area (Å²) in [5, 5.41) is 8.96. The van der Waals surface area contributed by atoms with Gasteiger partial charge in [-0.05, 0) is 24.6 Å². The second kappa shape index (κ2) is 4.92. The van der Waals surface area contributed by atoms with E-state index < -0.39 is 17.5 Å². The minimum absolute atomic E-state index is 0.0804. The zero-order valence-electron chi connectivity index (χ0n) is 10.7. The fraction of sp³-hybridized carbons (Fsp3) is 0.133. The van der Waals surface area contributed by atoms with Crippen molar-refractivity contribution < 1.29 is 18.0 Å². The third-order valence-electron chi connectivity index (χ3n) is 3.12. The highest BCUT2D eigenvalue weighted by Gasteiger charge is 2.36. The van der Waals surface area contributed by atoms with Crippen molar-refractivity contribution in [2.75, 3.05) is 0 Å². The molecule has 0 radical (unpaired) electrons. The zero-order valence-corrected chi connectivity index (χ0v) is 10.7. The molecule has 3 nitrogen and oxygen atoms in total. The van der Waals surface area contributed by atoms with Crippen LogP contribution >= 0.6 is 0 Å². The predicted molar refractivity (Wildman–Crippen MR) is 68.7 cm³/mol. The van der Waals surface area contributed by atoms with Gasteiger partial charge in [-0.2, -0.15) is 13.2 Å². The summed E-state index contributed by atoms with van der Waals surface area (Å²) in [5.74, 6) is -0.606. The third kappa shape index (κ3) is 2.21. The first-order valence-electron chi connectivity index (χ1n) is 5.80. The maximum absolute atomic E-state index is 12.7. The molecule has 1 aliphatic rings. The van der Waals surface area contributed by atoms with Crippen molar-refractivity contribution in [1.29, 1.82) is 5.26 Å². The Bertz CT molecular complexity index is 771. The predicted octanol–water partition coefficient (Wildman–Crippen LogP) is 4.00. The molecule has 0 bridgehead atoms. The number of hydrogen-bond acceptors (Lipinski definition) is 2. The van der Waals surface area contributed by atoms with E-state index in [1.165, 1.54) is 13.0 Å². The van der Waals surface area contributed by atoms with Crippen molar-refractivity contribution >= 4 is 11.4 Å². The van der Waals surface area contributed by atoms with Gasteiger partial charge in [0.05, 0.1) is 18.2 Å². The Kier molecular flexibility index (Phi) is 3.40. The number of Topliss-reactive ketones (excluding diaryl/α,β-unsaturated/α-hetero) is 1. The molecule has 0 fully saturated rings. The van der Waals surface area contributed by atoms with Crippen LogP contribution in [0.2, 0.25) is 0 Å². The summed E-state index contributed by atoms with van der Waals surface area (Å²) < 4.78 is 38.1. The van der Waals surface area contributed by atoms with Crippen LogP contribution in [-0.4, -0.2) is 5.78 Å². The maximum Gasteiger partial charge on any atom is 0.416 e. The molecule has 0 N–H and O–H groups in total. The van der Waals surface area contributed by atoms with Crippen LogP contribution in [-0.2, 0) is 6.18 Å². The first kappa shape index (κ1) is 14.5. The lowest BCUT2D eigenvalue weighted by atomic mass is 10.0. The monoisotopic (exact) mass is 288 g/mol. The number of rotatable bonds is 0. The molecule has 104 valence electrons. The van der Waals surface area contributed by atoms with Crippen LogP contribution in [0.5, 0.6) is 0 Å². The largest absolute Gasteiger partial charge is 0.416 e. The van der Waals surface area contributed by atoms with Crippen LogP contribution in [0.15, 0.2) is 35.5 Å². The van der Waals surface area contributed by atoms with Crippen LogP contribution in [0.3, 0.4) is 0 Å². The summed E-state index contributed by atoms with van der Waals surface area (Å²) in [4.78, 5) is 15.2. The SMILES string of the molecule is [C-]#[N+]C(C#N)=C1/C(=C/C)C(=O)c2cc(C(F)(F)F)ccc21. The summed E-state index contributed by atoms with van der Waals surface area (Å²) in [7, 11) is 0. The Hall–Kier alpha value is -2.86. The average Bonchev–Trinajstić information content (AvgIpc) is 2.72. The molecule has 0 atom stereocenters. The molecule has 0 heterocycles. The smallest absolute Gasteiger partial charge is 0.289 e. The van der Waals surface area contributed by atoms with Crippen molar-refractivity contribution in [1.82, 2.24) is 0 Å². The second-order valence-electron chi connectivity index (χ2n) is 4.24. The molecule has 0 amide bonds. The van der Waals surface area contributed by atoms with Crippen molar-refractivity contribution in [2.24, 2.45) is 0 Å². The van der Waals surface area contributed by atoms with Crippen molar-refractivity contribution in [2.45, 2.75) is 13.1 Å². The number of alkyl halides is 3. The minimum atomic E-state index is -4.56. The molecule has 0 spiro atoms. The molecule has 6 heteroatoms. The lowest BCUT2D eigenvalue weighted by Gasteiger charge is -2.08. The van der Waals surface area contributed by atoms with Gasteiger partial charge in [0.1, 0.15) is 0 Å². The molecule has 1 aromatic rings. The molecule has 0 aliphatic heterocycles. The number of fused-ring (bicyclic) bond motifs is 1. The van der Waals surface area contributed by atoms with E-state index in [4.69, 9.17) is 11.8 Å². The second-order valence-corrected chi connectivity index (χ2v) is 4.24. The third-order valence-corrected chi connectivity index (χ3v) is 3.12. The number of ketones is 1. The summed E-state index contributed by atoms with van der Waals surface area (Å²) >= 11 is 0. The fourth-order valence-electron chi connectivity index (χ4n) is 2.20. The van der Waals surface area contributed by atoms with E-state index in [2.05, 4.69) is 4.85 Å². The van der Waals surface area contributed by atoms with E-state index in [1.807, 2.05) is 0 Å². The zero-order chi connectivity index (χ0) is 15.8. The number of allylic oxidation sites excluding steroid dienone is 4. The fourth-order valence-corrected chi connectivity index (χ4v) is 2.20. The van der Waals surface area contributed by atoms with Crippen molar-refractivity contribution in [3.63, 3.8) is 0 Å². The quantitative estimate of drug-likeness (QED) is 0.411. The van der Waals surface area contributed by atoms with E-state index >= 15 is 0 Å². The first-order valence-corrected chi connectivity index (χ1v) is 5.80. The van der Waals surface area contributed by atoms with Gasteiger partial charge in [0, 0.05) is 16.7 Å².